The van der Waals surface area contributed by atoms with E-state index in [0.29, 0.717) is 16.3 Å². The predicted octanol–water partition coefficient (Wildman–Crippen LogP) is 2.31. The Labute approximate surface area is 88.6 Å². The standard InChI is InChI=1S/C8H7BrClNO2/c9-5-1-4(2-7(12)13)8(11)6(10)3-5/h1,3H,2,11H2,(H,12,13). The van der Waals surface area contributed by atoms with Crippen molar-refractivity contribution in [3.05, 3.63) is 27.2 Å². The minimum Gasteiger partial charge on any atom is -0.481 e. The number of hydrogen-bond donors (Lipinski definition) is 2. The second-order valence-corrected chi connectivity index (χ2v) is 3.85. The fourth-order valence-electron chi connectivity index (χ4n) is 0.947. The lowest BCUT2D eigenvalue weighted by molar-refractivity contribution is -0.136. The summed E-state index contributed by atoms with van der Waals surface area (Å²) in [5.41, 5.74) is 6.43. The molecular weight excluding hydrogens is 257 g/mol. The summed E-state index contributed by atoms with van der Waals surface area (Å²) in [7, 11) is 0. The smallest absolute Gasteiger partial charge is 0.307 e. The summed E-state index contributed by atoms with van der Waals surface area (Å²) >= 11 is 8.96. The van der Waals surface area contributed by atoms with Crippen molar-refractivity contribution in [2.75, 3.05) is 5.73 Å². The zero-order valence-electron chi connectivity index (χ0n) is 6.55. The summed E-state index contributed by atoms with van der Waals surface area (Å²) in [6.45, 7) is 0. The van der Waals surface area contributed by atoms with Crippen molar-refractivity contribution in [2.24, 2.45) is 0 Å². The van der Waals surface area contributed by atoms with Gasteiger partial charge in [-0.25, -0.2) is 0 Å². The third kappa shape index (κ3) is 2.60. The maximum atomic E-state index is 10.4. The normalized spacial score (nSPS) is 10.0. The van der Waals surface area contributed by atoms with Crippen LogP contribution in [0.3, 0.4) is 0 Å². The quantitative estimate of drug-likeness (QED) is 0.806. The number of nitrogen functional groups attached to an aromatic ring is 1. The fourth-order valence-corrected chi connectivity index (χ4v) is 1.82. The number of carboxylic acids is 1. The molecule has 0 radical (unpaired) electrons. The fraction of sp³-hybridized carbons (Fsp3) is 0.125. The van der Waals surface area contributed by atoms with Crippen LogP contribution in [0.1, 0.15) is 5.56 Å². The van der Waals surface area contributed by atoms with E-state index in [2.05, 4.69) is 15.9 Å². The van der Waals surface area contributed by atoms with Crippen LogP contribution in [0.2, 0.25) is 5.02 Å². The van der Waals surface area contributed by atoms with Gasteiger partial charge in [-0.15, -0.1) is 0 Å². The number of nitrogens with two attached hydrogens (primary N) is 1. The topological polar surface area (TPSA) is 63.3 Å². The predicted molar refractivity (Wildman–Crippen MR) is 54.9 cm³/mol. The van der Waals surface area contributed by atoms with E-state index < -0.39 is 5.97 Å². The van der Waals surface area contributed by atoms with Crippen molar-refractivity contribution >= 4 is 39.2 Å². The Morgan fingerprint density at radius 1 is 1.62 bits per heavy atom. The monoisotopic (exact) mass is 263 g/mol. The summed E-state index contributed by atoms with van der Waals surface area (Å²) in [6.07, 6.45) is -0.120. The summed E-state index contributed by atoms with van der Waals surface area (Å²) in [5, 5.41) is 8.93. The first-order chi connectivity index (χ1) is 6.00. The van der Waals surface area contributed by atoms with E-state index in [4.69, 9.17) is 22.4 Å². The average Bonchev–Trinajstić information content (AvgIpc) is 1.98. The van der Waals surface area contributed by atoms with Crippen LogP contribution in [0.25, 0.3) is 0 Å². The molecule has 0 atom stereocenters. The molecule has 0 amide bonds. The van der Waals surface area contributed by atoms with Gasteiger partial charge in [-0.05, 0) is 17.7 Å². The number of carbonyl (C=O) groups is 1. The van der Waals surface area contributed by atoms with E-state index in [-0.39, 0.29) is 6.42 Å². The molecule has 0 unspecified atom stereocenters. The van der Waals surface area contributed by atoms with Crippen molar-refractivity contribution < 1.29 is 9.90 Å². The maximum absolute atomic E-state index is 10.4. The van der Waals surface area contributed by atoms with E-state index in [9.17, 15) is 4.79 Å². The van der Waals surface area contributed by atoms with Crippen LogP contribution < -0.4 is 5.73 Å². The SMILES string of the molecule is Nc1c(Cl)cc(Br)cc1CC(=O)O. The molecule has 0 spiro atoms. The first-order valence-corrected chi connectivity index (χ1v) is 4.63. The van der Waals surface area contributed by atoms with Gasteiger partial charge in [-0.2, -0.15) is 0 Å². The second kappa shape index (κ2) is 3.98. The van der Waals surface area contributed by atoms with Gasteiger partial charge >= 0.3 is 5.97 Å². The van der Waals surface area contributed by atoms with Crippen molar-refractivity contribution in [1.82, 2.24) is 0 Å². The minimum atomic E-state index is -0.930. The number of carboxylic acid groups (broad SMARTS) is 1. The van der Waals surface area contributed by atoms with Crippen LogP contribution >= 0.6 is 27.5 Å². The number of halogens is 2. The van der Waals surface area contributed by atoms with Crippen LogP contribution in [0, 0.1) is 0 Å². The van der Waals surface area contributed by atoms with E-state index in [1.807, 2.05) is 0 Å². The Morgan fingerprint density at radius 3 is 2.77 bits per heavy atom. The molecule has 1 rings (SSSR count). The van der Waals surface area contributed by atoms with Crippen LogP contribution in [-0.4, -0.2) is 11.1 Å². The zero-order chi connectivity index (χ0) is 10.0. The largest absolute Gasteiger partial charge is 0.481 e. The zero-order valence-corrected chi connectivity index (χ0v) is 8.89. The van der Waals surface area contributed by atoms with E-state index in [1.54, 1.807) is 12.1 Å². The van der Waals surface area contributed by atoms with Gasteiger partial charge in [-0.3, -0.25) is 4.79 Å². The molecule has 0 fully saturated rings. The third-order valence-corrected chi connectivity index (χ3v) is 2.29. The van der Waals surface area contributed by atoms with Gasteiger partial charge in [0.25, 0.3) is 0 Å². The number of rotatable bonds is 2. The number of benzene rings is 1. The summed E-state index contributed by atoms with van der Waals surface area (Å²) in [4.78, 5) is 10.4. The molecule has 1 aromatic carbocycles. The summed E-state index contributed by atoms with van der Waals surface area (Å²) in [6, 6.07) is 3.28. The lowest BCUT2D eigenvalue weighted by Gasteiger charge is -2.05. The van der Waals surface area contributed by atoms with Gasteiger partial charge in [0.1, 0.15) is 0 Å². The van der Waals surface area contributed by atoms with Gasteiger partial charge in [-0.1, -0.05) is 27.5 Å². The van der Waals surface area contributed by atoms with Gasteiger partial charge in [0.2, 0.25) is 0 Å². The number of hydrogen-bond acceptors (Lipinski definition) is 2. The lowest BCUT2D eigenvalue weighted by atomic mass is 10.1. The molecule has 70 valence electrons. The van der Waals surface area contributed by atoms with Gasteiger partial charge < -0.3 is 10.8 Å². The maximum Gasteiger partial charge on any atom is 0.307 e. The Morgan fingerprint density at radius 2 is 2.23 bits per heavy atom. The van der Waals surface area contributed by atoms with E-state index in [0.717, 1.165) is 4.47 Å². The van der Waals surface area contributed by atoms with E-state index in [1.165, 1.54) is 0 Å². The second-order valence-electron chi connectivity index (χ2n) is 2.53. The molecule has 13 heavy (non-hydrogen) atoms. The molecule has 0 aliphatic heterocycles. The molecule has 0 saturated carbocycles. The van der Waals surface area contributed by atoms with Gasteiger partial charge in [0.05, 0.1) is 17.1 Å². The highest BCUT2D eigenvalue weighted by atomic mass is 79.9. The first-order valence-electron chi connectivity index (χ1n) is 3.46. The van der Waals surface area contributed by atoms with Crippen LogP contribution in [0.5, 0.6) is 0 Å². The number of aliphatic carboxylic acids is 1. The van der Waals surface area contributed by atoms with Crippen LogP contribution in [0.15, 0.2) is 16.6 Å². The van der Waals surface area contributed by atoms with Crippen molar-refractivity contribution in [3.8, 4) is 0 Å². The van der Waals surface area contributed by atoms with E-state index >= 15 is 0 Å². The molecule has 0 aliphatic rings. The summed E-state index contributed by atoms with van der Waals surface area (Å²) in [5.74, 6) is -0.930. The Hall–Kier alpha value is -0.740. The Kier molecular flexibility index (Phi) is 3.17. The highest BCUT2D eigenvalue weighted by molar-refractivity contribution is 9.10. The Balaban J connectivity index is 3.12. The van der Waals surface area contributed by atoms with Gasteiger partial charge in [0, 0.05) is 4.47 Å². The minimum absolute atomic E-state index is 0.120. The molecule has 0 aliphatic carbocycles. The molecule has 1 aromatic rings. The van der Waals surface area contributed by atoms with Crippen molar-refractivity contribution in [1.29, 1.82) is 0 Å². The highest BCUT2D eigenvalue weighted by Crippen LogP contribution is 2.27. The van der Waals surface area contributed by atoms with Gasteiger partial charge in [0.15, 0.2) is 0 Å². The molecule has 5 heteroatoms. The molecular formula is C8H7BrClNO2. The van der Waals surface area contributed by atoms with Crippen LogP contribution in [-0.2, 0) is 11.2 Å². The molecule has 0 saturated heterocycles. The molecule has 3 N–H and O–H groups in total. The summed E-state index contributed by atoms with van der Waals surface area (Å²) < 4.78 is 0.725. The first kappa shape index (κ1) is 10.3. The average molecular weight is 265 g/mol. The van der Waals surface area contributed by atoms with Crippen molar-refractivity contribution in [2.45, 2.75) is 6.42 Å². The molecule has 3 nitrogen and oxygen atoms in total. The molecule has 0 bridgehead atoms. The highest BCUT2D eigenvalue weighted by Gasteiger charge is 2.08. The van der Waals surface area contributed by atoms with Crippen molar-refractivity contribution in [3.63, 3.8) is 0 Å². The number of anilines is 1. The third-order valence-electron chi connectivity index (χ3n) is 1.52. The van der Waals surface area contributed by atoms with Crippen LogP contribution in [0.4, 0.5) is 5.69 Å². The Bertz CT molecular complexity index is 354. The molecule has 0 heterocycles. The molecule has 0 aromatic heterocycles. The lowest BCUT2D eigenvalue weighted by Crippen LogP contribution is -2.04.